The number of carbonyl (C=O) groups is 2. The minimum atomic E-state index is -1.03. The maximum Gasteiger partial charge on any atom is 0.359 e. The highest BCUT2D eigenvalue weighted by molar-refractivity contribution is 5.90. The van der Waals surface area contributed by atoms with Crippen molar-refractivity contribution in [2.75, 3.05) is 6.61 Å². The number of aromatic nitrogens is 1. The summed E-state index contributed by atoms with van der Waals surface area (Å²) >= 11 is 0. The topological polar surface area (TPSA) is 74.7 Å². The molecule has 0 amide bonds. The molecule has 1 heterocycles. The standard InChI is InChI=1S/C19H21NO5/c1-3-4-12-23-16-10-11-17(20-13-16)19(22)25-14(2)24-18(21)15-8-6-5-7-9-15/h5-11,13-14H,3-4,12H2,1-2H3. The van der Waals surface area contributed by atoms with Gasteiger partial charge < -0.3 is 14.2 Å². The van der Waals surface area contributed by atoms with Gasteiger partial charge in [-0.15, -0.1) is 0 Å². The molecule has 0 radical (unpaired) electrons. The fourth-order valence-corrected chi connectivity index (χ4v) is 1.95. The van der Waals surface area contributed by atoms with Crippen molar-refractivity contribution in [1.82, 2.24) is 4.98 Å². The molecule has 1 unspecified atom stereocenters. The number of hydrogen-bond donors (Lipinski definition) is 0. The lowest BCUT2D eigenvalue weighted by Gasteiger charge is -2.14. The van der Waals surface area contributed by atoms with Crippen LogP contribution in [0.15, 0.2) is 48.7 Å². The first kappa shape index (κ1) is 18.4. The Kier molecular flexibility index (Phi) is 6.95. The highest BCUT2D eigenvalue weighted by atomic mass is 16.7. The third-order valence-corrected chi connectivity index (χ3v) is 3.27. The molecule has 0 saturated heterocycles. The highest BCUT2D eigenvalue weighted by Crippen LogP contribution is 2.12. The van der Waals surface area contributed by atoms with E-state index in [0.717, 1.165) is 12.8 Å². The van der Waals surface area contributed by atoms with Gasteiger partial charge in [0.15, 0.2) is 0 Å². The van der Waals surface area contributed by atoms with Gasteiger partial charge in [0.2, 0.25) is 6.29 Å². The first-order valence-electron chi connectivity index (χ1n) is 8.16. The van der Waals surface area contributed by atoms with E-state index in [1.165, 1.54) is 19.2 Å². The quantitative estimate of drug-likeness (QED) is 0.414. The third-order valence-electron chi connectivity index (χ3n) is 3.27. The number of nitrogens with zero attached hydrogens (tertiary/aromatic N) is 1. The Morgan fingerprint density at radius 1 is 1.04 bits per heavy atom. The lowest BCUT2D eigenvalue weighted by atomic mass is 10.2. The van der Waals surface area contributed by atoms with Gasteiger partial charge in [0, 0.05) is 6.92 Å². The van der Waals surface area contributed by atoms with Crippen LogP contribution in [-0.2, 0) is 9.47 Å². The van der Waals surface area contributed by atoms with E-state index in [-0.39, 0.29) is 5.69 Å². The van der Waals surface area contributed by atoms with Gasteiger partial charge in [0.05, 0.1) is 18.4 Å². The molecule has 0 spiro atoms. The molecule has 1 aromatic carbocycles. The molecule has 1 aromatic heterocycles. The summed E-state index contributed by atoms with van der Waals surface area (Å²) in [6.45, 7) is 4.15. The van der Waals surface area contributed by atoms with Crippen molar-refractivity contribution in [3.63, 3.8) is 0 Å². The van der Waals surface area contributed by atoms with Gasteiger partial charge in [-0.2, -0.15) is 0 Å². The zero-order valence-electron chi connectivity index (χ0n) is 14.3. The zero-order chi connectivity index (χ0) is 18.1. The monoisotopic (exact) mass is 343 g/mol. The molecule has 0 bridgehead atoms. The molecular weight excluding hydrogens is 322 g/mol. The molecule has 132 valence electrons. The molecule has 6 nitrogen and oxygen atoms in total. The van der Waals surface area contributed by atoms with Gasteiger partial charge in [-0.1, -0.05) is 31.5 Å². The van der Waals surface area contributed by atoms with Gasteiger partial charge in [-0.05, 0) is 30.7 Å². The van der Waals surface area contributed by atoms with Crippen molar-refractivity contribution in [2.45, 2.75) is 33.0 Å². The minimum absolute atomic E-state index is 0.116. The lowest BCUT2D eigenvalue weighted by Crippen LogP contribution is -2.22. The highest BCUT2D eigenvalue weighted by Gasteiger charge is 2.17. The summed E-state index contributed by atoms with van der Waals surface area (Å²) in [5, 5.41) is 0. The molecule has 0 fully saturated rings. The van der Waals surface area contributed by atoms with Gasteiger partial charge in [-0.25, -0.2) is 14.6 Å². The second kappa shape index (κ2) is 9.42. The average Bonchev–Trinajstić information content (AvgIpc) is 2.63. The summed E-state index contributed by atoms with van der Waals surface area (Å²) in [5.74, 6) is -0.643. The van der Waals surface area contributed by atoms with Crippen LogP contribution in [0.1, 0.15) is 47.5 Å². The van der Waals surface area contributed by atoms with E-state index in [9.17, 15) is 9.59 Å². The van der Waals surface area contributed by atoms with Crippen molar-refractivity contribution < 1.29 is 23.8 Å². The first-order valence-corrected chi connectivity index (χ1v) is 8.16. The van der Waals surface area contributed by atoms with E-state index in [2.05, 4.69) is 11.9 Å². The number of pyridine rings is 1. The Morgan fingerprint density at radius 2 is 1.76 bits per heavy atom. The number of carbonyl (C=O) groups excluding carboxylic acids is 2. The molecule has 0 aliphatic carbocycles. The smallest absolute Gasteiger partial charge is 0.359 e. The largest absolute Gasteiger partial charge is 0.492 e. The molecule has 2 aromatic rings. The van der Waals surface area contributed by atoms with Crippen LogP contribution < -0.4 is 4.74 Å². The molecule has 0 saturated carbocycles. The summed E-state index contributed by atoms with van der Waals surface area (Å²) in [6.07, 6.45) is 2.43. The summed E-state index contributed by atoms with van der Waals surface area (Å²) in [6, 6.07) is 11.6. The van der Waals surface area contributed by atoms with Crippen LogP contribution in [0.2, 0.25) is 0 Å². The number of hydrogen-bond acceptors (Lipinski definition) is 6. The van der Waals surface area contributed by atoms with E-state index in [4.69, 9.17) is 14.2 Å². The molecule has 1 atom stereocenters. The van der Waals surface area contributed by atoms with E-state index < -0.39 is 18.2 Å². The molecule has 0 N–H and O–H groups in total. The fraction of sp³-hybridized carbons (Fsp3) is 0.316. The van der Waals surface area contributed by atoms with E-state index in [0.29, 0.717) is 17.9 Å². The summed E-state index contributed by atoms with van der Waals surface area (Å²) in [7, 11) is 0. The second-order valence-corrected chi connectivity index (χ2v) is 5.33. The number of esters is 2. The van der Waals surface area contributed by atoms with Crippen LogP contribution in [0, 0.1) is 0 Å². The van der Waals surface area contributed by atoms with Gasteiger partial charge in [0.25, 0.3) is 0 Å². The van der Waals surface area contributed by atoms with Crippen LogP contribution in [0.3, 0.4) is 0 Å². The molecule has 0 aliphatic rings. The van der Waals surface area contributed by atoms with Crippen molar-refractivity contribution in [3.05, 3.63) is 59.9 Å². The summed E-state index contributed by atoms with van der Waals surface area (Å²) in [4.78, 5) is 27.9. The van der Waals surface area contributed by atoms with Crippen LogP contribution >= 0.6 is 0 Å². The van der Waals surface area contributed by atoms with Crippen molar-refractivity contribution in [2.24, 2.45) is 0 Å². The SMILES string of the molecule is CCCCOc1ccc(C(=O)OC(C)OC(=O)c2ccccc2)nc1. The van der Waals surface area contributed by atoms with Gasteiger partial charge in [0.1, 0.15) is 11.4 Å². The maximum atomic E-state index is 12.0. The van der Waals surface area contributed by atoms with E-state index in [1.54, 1.807) is 36.4 Å². The first-order chi connectivity index (χ1) is 12.1. The minimum Gasteiger partial charge on any atom is -0.492 e. The van der Waals surface area contributed by atoms with Crippen molar-refractivity contribution in [1.29, 1.82) is 0 Å². The van der Waals surface area contributed by atoms with Crippen LogP contribution in [0.4, 0.5) is 0 Å². The van der Waals surface area contributed by atoms with E-state index in [1.807, 2.05) is 0 Å². The molecular formula is C19H21NO5. The average molecular weight is 343 g/mol. The molecule has 25 heavy (non-hydrogen) atoms. The predicted molar refractivity (Wildman–Crippen MR) is 91.4 cm³/mol. The molecule has 6 heteroatoms. The Balaban J connectivity index is 1.85. The predicted octanol–water partition coefficient (Wildman–Crippen LogP) is 3.62. The van der Waals surface area contributed by atoms with Crippen molar-refractivity contribution in [3.8, 4) is 5.75 Å². The van der Waals surface area contributed by atoms with Gasteiger partial charge >= 0.3 is 11.9 Å². The maximum absolute atomic E-state index is 12.0. The Labute approximate surface area is 146 Å². The van der Waals surface area contributed by atoms with Crippen molar-refractivity contribution >= 4 is 11.9 Å². The molecule has 2 rings (SSSR count). The van der Waals surface area contributed by atoms with Crippen LogP contribution in [-0.4, -0.2) is 29.8 Å². The fourth-order valence-electron chi connectivity index (χ4n) is 1.95. The van der Waals surface area contributed by atoms with E-state index >= 15 is 0 Å². The number of rotatable bonds is 8. The zero-order valence-corrected chi connectivity index (χ0v) is 14.3. The molecule has 0 aliphatic heterocycles. The third kappa shape index (κ3) is 5.91. The van der Waals surface area contributed by atoms with Gasteiger partial charge in [-0.3, -0.25) is 0 Å². The summed E-state index contributed by atoms with van der Waals surface area (Å²) in [5.41, 5.74) is 0.502. The normalized spacial score (nSPS) is 11.4. The van der Waals surface area contributed by atoms with Crippen LogP contribution in [0.25, 0.3) is 0 Å². The number of benzene rings is 1. The summed E-state index contributed by atoms with van der Waals surface area (Å²) < 4.78 is 15.6. The number of ether oxygens (including phenoxy) is 3. The van der Waals surface area contributed by atoms with Crippen LogP contribution in [0.5, 0.6) is 5.75 Å². The number of unbranched alkanes of at least 4 members (excludes halogenated alkanes) is 1. The Hall–Kier alpha value is -2.89. The Morgan fingerprint density at radius 3 is 2.40 bits per heavy atom. The Bertz CT molecular complexity index is 685. The lowest BCUT2D eigenvalue weighted by molar-refractivity contribution is -0.0695. The second-order valence-electron chi connectivity index (χ2n) is 5.33.